The highest BCUT2D eigenvalue weighted by atomic mass is 16.4. The third kappa shape index (κ3) is 10.8. The molecule has 0 unspecified atom stereocenters. The van der Waals surface area contributed by atoms with Crippen LogP contribution in [0.4, 0.5) is 17.1 Å². The van der Waals surface area contributed by atoms with Crippen molar-refractivity contribution < 1.29 is 19.8 Å². The van der Waals surface area contributed by atoms with Gasteiger partial charge in [0.1, 0.15) is 11.6 Å². The molecular formula is C76H59N3O4. The number of aliphatic carboxylic acids is 2. The summed E-state index contributed by atoms with van der Waals surface area (Å²) in [5.41, 5.74) is 24.1. The molecule has 11 rings (SSSR count). The SMILES string of the molecule is [C-]#[N+]C(=Cc1ccc(C=Cc2ccc3c(c2)C(C)(C)c2cc(N(c4ccc(C=C(c5ccccc5)c5ccc(C)c(C)c5)cc4)c4ccc5c(c4)C(C)(C)c4cc(C=Cc6ccc(C=C(C#N)C(=O)O)cc6)ccc4-5)ccc2-3)cc1)C(=O)O. The first-order valence-electron chi connectivity index (χ1n) is 27.6. The van der Waals surface area contributed by atoms with E-state index in [1.165, 1.54) is 73.4 Å². The first kappa shape index (κ1) is 54.4. The molecule has 0 bridgehead atoms. The first-order chi connectivity index (χ1) is 40.0. The van der Waals surface area contributed by atoms with E-state index < -0.39 is 11.9 Å². The number of anilines is 3. The topological polar surface area (TPSA) is 106 Å². The molecule has 0 amide bonds. The summed E-state index contributed by atoms with van der Waals surface area (Å²) in [4.78, 5) is 28.3. The number of hydrogen-bond donors (Lipinski definition) is 2. The van der Waals surface area contributed by atoms with Gasteiger partial charge in [0.05, 0.1) is 6.57 Å². The summed E-state index contributed by atoms with van der Waals surface area (Å²) in [6, 6.07) is 70.1. The van der Waals surface area contributed by atoms with E-state index in [0.29, 0.717) is 11.1 Å². The van der Waals surface area contributed by atoms with Crippen LogP contribution in [0.1, 0.15) is 111 Å². The van der Waals surface area contributed by atoms with Gasteiger partial charge >= 0.3 is 11.9 Å². The number of benzene rings is 9. The number of carbonyl (C=O) groups is 2. The van der Waals surface area contributed by atoms with Gasteiger partial charge < -0.3 is 15.1 Å². The molecule has 402 valence electrons. The Morgan fingerprint density at radius 1 is 0.458 bits per heavy atom. The molecule has 0 saturated heterocycles. The molecular weight excluding hydrogens is 1020 g/mol. The van der Waals surface area contributed by atoms with Crippen LogP contribution in [-0.4, -0.2) is 22.2 Å². The van der Waals surface area contributed by atoms with Gasteiger partial charge in [0.25, 0.3) is 5.70 Å². The van der Waals surface area contributed by atoms with Crippen molar-refractivity contribution in [3.8, 4) is 28.3 Å². The molecule has 0 atom stereocenters. The van der Waals surface area contributed by atoms with E-state index in [9.17, 15) is 25.1 Å². The molecule has 2 aliphatic carbocycles. The fourth-order valence-electron chi connectivity index (χ4n) is 11.6. The van der Waals surface area contributed by atoms with Crippen LogP contribution in [0.2, 0.25) is 0 Å². The largest absolute Gasteiger partial charge is 0.486 e. The van der Waals surface area contributed by atoms with E-state index in [1.807, 2.05) is 54.6 Å². The molecule has 0 fully saturated rings. The Bertz CT molecular complexity index is 4120. The second kappa shape index (κ2) is 22.1. The van der Waals surface area contributed by atoms with Crippen molar-refractivity contribution in [2.75, 3.05) is 4.90 Å². The lowest BCUT2D eigenvalue weighted by molar-refractivity contribution is -0.133. The molecule has 0 saturated carbocycles. The molecule has 9 aromatic carbocycles. The van der Waals surface area contributed by atoms with Gasteiger partial charge in [-0.25, -0.2) is 9.64 Å². The highest BCUT2D eigenvalue weighted by molar-refractivity contribution is 5.97. The van der Waals surface area contributed by atoms with Gasteiger partial charge in [-0.2, -0.15) is 5.26 Å². The molecule has 0 radical (unpaired) electrons. The normalized spacial score (nSPS) is 13.9. The average Bonchev–Trinajstić information content (AvgIpc) is 3.07. The Kier molecular flexibility index (Phi) is 14.5. The molecule has 0 heterocycles. The second-order valence-corrected chi connectivity index (χ2v) is 22.4. The third-order valence-corrected chi connectivity index (χ3v) is 16.4. The summed E-state index contributed by atoms with van der Waals surface area (Å²) < 4.78 is 0. The second-order valence-electron chi connectivity index (χ2n) is 22.4. The summed E-state index contributed by atoms with van der Waals surface area (Å²) in [6.45, 7) is 20.8. The summed E-state index contributed by atoms with van der Waals surface area (Å²) in [7, 11) is 0. The van der Waals surface area contributed by atoms with Crippen LogP contribution in [0.15, 0.2) is 205 Å². The summed E-state index contributed by atoms with van der Waals surface area (Å²) in [5, 5.41) is 27.9. The van der Waals surface area contributed by atoms with Gasteiger partial charge in [-0.1, -0.05) is 210 Å². The van der Waals surface area contributed by atoms with Crippen LogP contribution in [0.25, 0.3) is 75.2 Å². The van der Waals surface area contributed by atoms with Crippen LogP contribution in [0.5, 0.6) is 0 Å². The first-order valence-corrected chi connectivity index (χ1v) is 27.6. The Labute approximate surface area is 485 Å². The maximum atomic E-state index is 11.4. The van der Waals surface area contributed by atoms with Crippen molar-refractivity contribution in [1.29, 1.82) is 5.26 Å². The van der Waals surface area contributed by atoms with Gasteiger partial charge in [0, 0.05) is 27.9 Å². The number of hydrogen-bond acceptors (Lipinski definition) is 4. The number of fused-ring (bicyclic) bond motifs is 6. The van der Waals surface area contributed by atoms with Gasteiger partial charge in [0.2, 0.25) is 0 Å². The maximum absolute atomic E-state index is 11.4. The molecule has 0 spiro atoms. The summed E-state index contributed by atoms with van der Waals surface area (Å²) >= 11 is 0. The zero-order valence-corrected chi connectivity index (χ0v) is 47.1. The minimum atomic E-state index is -1.25. The minimum absolute atomic E-state index is 0.310. The predicted molar refractivity (Wildman–Crippen MR) is 340 cm³/mol. The van der Waals surface area contributed by atoms with Gasteiger partial charge in [-0.3, -0.25) is 4.79 Å². The quantitative estimate of drug-likeness (QED) is 0.0486. The molecule has 83 heavy (non-hydrogen) atoms. The number of carboxylic acid groups (broad SMARTS) is 2. The molecule has 2 aliphatic rings. The van der Waals surface area contributed by atoms with Crippen LogP contribution >= 0.6 is 0 Å². The molecule has 0 aliphatic heterocycles. The standard InChI is InChI=1S/C76H59N3O4/c1-48-13-30-58(39-49(48)2)67(57-11-9-8-10-12-57)41-53-26-31-60(32-27-53)79(61-33-37-65-63-35-28-54(42-68(63)75(3,4)70(65)45-61)22-16-50-14-20-52(21-15-50)40-59(47-77)73(80)81)62-34-38-66-64-36-29-55(43-69(64)76(5,6)71(66)46-62)23-17-51-18-24-56(25-19-51)44-72(78-7)74(82)83/h8-46H,1-6H3,(H,80,81)(H,82,83). The molecule has 9 aromatic rings. The van der Waals surface area contributed by atoms with Crippen LogP contribution in [0, 0.1) is 31.8 Å². The summed E-state index contributed by atoms with van der Waals surface area (Å²) in [5.74, 6) is -2.49. The van der Waals surface area contributed by atoms with Crippen molar-refractivity contribution in [2.24, 2.45) is 0 Å². The molecule has 7 nitrogen and oxygen atoms in total. The Balaban J connectivity index is 0.943. The van der Waals surface area contributed by atoms with Crippen LogP contribution in [-0.2, 0) is 20.4 Å². The van der Waals surface area contributed by atoms with E-state index in [2.05, 4.69) is 221 Å². The number of nitrogens with zero attached hydrogens (tertiary/aromatic N) is 3. The van der Waals surface area contributed by atoms with E-state index in [0.717, 1.165) is 56.0 Å². The predicted octanol–water partition coefficient (Wildman–Crippen LogP) is 18.7. The fourth-order valence-corrected chi connectivity index (χ4v) is 11.6. The molecule has 0 aromatic heterocycles. The smallest absolute Gasteiger partial charge is 0.346 e. The highest BCUT2D eigenvalue weighted by Crippen LogP contribution is 2.53. The van der Waals surface area contributed by atoms with Crippen molar-refractivity contribution in [1.82, 2.24) is 0 Å². The molecule has 2 N–H and O–H groups in total. The van der Waals surface area contributed by atoms with E-state index in [1.54, 1.807) is 6.07 Å². The Hall–Kier alpha value is -10.6. The van der Waals surface area contributed by atoms with Crippen LogP contribution in [0.3, 0.4) is 0 Å². The maximum Gasteiger partial charge on any atom is 0.346 e. The van der Waals surface area contributed by atoms with E-state index in [4.69, 9.17) is 6.57 Å². The Morgan fingerprint density at radius 2 is 0.880 bits per heavy atom. The van der Waals surface area contributed by atoms with Crippen molar-refractivity contribution in [3.63, 3.8) is 0 Å². The Morgan fingerprint density at radius 3 is 1.35 bits per heavy atom. The third-order valence-electron chi connectivity index (χ3n) is 16.4. The minimum Gasteiger partial charge on any atom is -0.486 e. The fraction of sp³-hybridized carbons (Fsp3) is 0.105. The van der Waals surface area contributed by atoms with Crippen molar-refractivity contribution in [2.45, 2.75) is 52.4 Å². The van der Waals surface area contributed by atoms with Gasteiger partial charge in [0.15, 0.2) is 0 Å². The van der Waals surface area contributed by atoms with Crippen molar-refractivity contribution >= 4 is 77.1 Å². The monoisotopic (exact) mass is 1080 g/mol. The summed E-state index contributed by atoms with van der Waals surface area (Å²) in [6.07, 6.45) is 13.4. The number of carboxylic acids is 2. The van der Waals surface area contributed by atoms with E-state index >= 15 is 0 Å². The highest BCUT2D eigenvalue weighted by Gasteiger charge is 2.38. The average molecular weight is 1080 g/mol. The van der Waals surface area contributed by atoms with Gasteiger partial charge in [-0.05, 0) is 180 Å². The number of nitriles is 1. The van der Waals surface area contributed by atoms with Crippen LogP contribution < -0.4 is 4.90 Å². The molecule has 7 heteroatoms. The zero-order chi connectivity index (χ0) is 58.2. The van der Waals surface area contributed by atoms with Crippen molar-refractivity contribution in [3.05, 3.63) is 300 Å². The lowest BCUT2D eigenvalue weighted by atomic mass is 9.81. The lowest BCUT2D eigenvalue weighted by Crippen LogP contribution is -2.18. The zero-order valence-electron chi connectivity index (χ0n) is 47.1. The van der Waals surface area contributed by atoms with E-state index in [-0.39, 0.29) is 22.1 Å². The lowest BCUT2D eigenvalue weighted by Gasteiger charge is -2.30. The number of rotatable bonds is 14. The number of aryl methyl sites for hydroxylation is 2. The van der Waals surface area contributed by atoms with Gasteiger partial charge in [-0.15, -0.1) is 0 Å².